The molecule has 84 valence electrons. The van der Waals surface area contributed by atoms with Crippen molar-refractivity contribution in [2.45, 2.75) is 45.1 Å². The third-order valence-corrected chi connectivity index (χ3v) is 2.94. The minimum Gasteiger partial charge on any atom is -0.477 e. The maximum atomic E-state index is 10.8. The van der Waals surface area contributed by atoms with Gasteiger partial charge in [-0.25, -0.2) is 4.79 Å². The molecule has 1 saturated carbocycles. The van der Waals surface area contributed by atoms with Crippen LogP contribution < -0.4 is 5.32 Å². The zero-order valence-corrected chi connectivity index (χ0v) is 9.12. The minimum absolute atomic E-state index is 0.112. The number of allylic oxidation sites excluding steroid dienone is 1. The Morgan fingerprint density at radius 1 is 1.40 bits per heavy atom. The maximum absolute atomic E-state index is 10.8. The number of nitrogens with one attached hydrogen (secondary N) is 1. The predicted molar refractivity (Wildman–Crippen MR) is 57.9 cm³/mol. The Labute approximate surface area is 89.9 Å². The first-order chi connectivity index (χ1) is 7.15. The lowest BCUT2D eigenvalue weighted by atomic mass is 9.95. The molecule has 4 N–H and O–H groups in total. The van der Waals surface area contributed by atoms with E-state index in [1.807, 2.05) is 5.32 Å². The van der Waals surface area contributed by atoms with Crippen LogP contribution >= 0.6 is 0 Å². The van der Waals surface area contributed by atoms with Crippen molar-refractivity contribution in [3.05, 3.63) is 11.3 Å². The van der Waals surface area contributed by atoms with Gasteiger partial charge >= 0.3 is 5.97 Å². The van der Waals surface area contributed by atoms with Gasteiger partial charge in [0, 0.05) is 13.1 Å². The molecule has 0 aliphatic heterocycles. The van der Waals surface area contributed by atoms with Crippen molar-refractivity contribution in [1.82, 2.24) is 0 Å². The van der Waals surface area contributed by atoms with Gasteiger partial charge in [-0.1, -0.05) is 6.42 Å². The number of hydrogen-bond donors (Lipinski definition) is 3. The molecular weight excluding hydrogens is 192 g/mol. The van der Waals surface area contributed by atoms with Gasteiger partial charge in [-0.3, -0.25) is 0 Å². The van der Waals surface area contributed by atoms with Gasteiger partial charge in [0.2, 0.25) is 0 Å². The molecule has 1 fully saturated rings. The fraction of sp³-hybridized carbons (Fsp3) is 0.636. The second-order valence-corrected chi connectivity index (χ2v) is 4.11. The molecule has 0 amide bonds. The Bertz CT molecular complexity index is 278. The zero-order chi connectivity index (χ0) is 11.3. The van der Waals surface area contributed by atoms with Crippen LogP contribution in [-0.2, 0) is 4.79 Å². The Morgan fingerprint density at radius 3 is 2.47 bits per heavy atom. The summed E-state index contributed by atoms with van der Waals surface area (Å²) in [6.45, 7) is 1.78. The van der Waals surface area contributed by atoms with Crippen LogP contribution in [0.4, 0.5) is 0 Å². The molecular formula is C11H19N2O2+. The summed E-state index contributed by atoms with van der Waals surface area (Å²) in [6.07, 6.45) is 7.01. The molecule has 0 unspecified atom stereocenters. The molecule has 15 heavy (non-hydrogen) atoms. The largest absolute Gasteiger partial charge is 0.477 e. The average molecular weight is 211 g/mol. The molecule has 0 aromatic rings. The smallest absolute Gasteiger partial charge is 0.342 e. The predicted octanol–water partition coefficient (Wildman–Crippen LogP) is 0.891. The van der Waals surface area contributed by atoms with E-state index in [1.54, 1.807) is 6.92 Å². The molecule has 0 aromatic carbocycles. The second-order valence-electron chi connectivity index (χ2n) is 4.11. The first-order valence-corrected chi connectivity index (χ1v) is 5.44. The van der Waals surface area contributed by atoms with Gasteiger partial charge in [0.15, 0.2) is 0 Å². The Balaban J connectivity index is 2.61. The van der Waals surface area contributed by atoms with E-state index >= 15 is 0 Å². The zero-order valence-electron chi connectivity index (χ0n) is 9.12. The number of hydrogen-bond acceptors (Lipinski definition) is 2. The molecule has 0 atom stereocenters. The van der Waals surface area contributed by atoms with Crippen molar-refractivity contribution in [2.24, 2.45) is 0 Å². The van der Waals surface area contributed by atoms with Crippen LogP contribution in [-0.4, -0.2) is 23.3 Å². The third-order valence-electron chi connectivity index (χ3n) is 2.94. The van der Waals surface area contributed by atoms with Gasteiger partial charge in [-0.15, -0.1) is 0 Å². The number of carboxylic acid groups (broad SMARTS) is 1. The van der Waals surface area contributed by atoms with Gasteiger partial charge in [0.1, 0.15) is 11.3 Å². The first kappa shape index (κ1) is 11.9. The number of rotatable bonds is 4. The summed E-state index contributed by atoms with van der Waals surface area (Å²) in [5.41, 5.74) is 0.838. The van der Waals surface area contributed by atoms with Crippen molar-refractivity contribution >= 4 is 12.2 Å². The monoisotopic (exact) mass is 211 g/mol. The quantitative estimate of drug-likeness (QED) is 0.477. The molecule has 4 heteroatoms. The number of aliphatic carboxylic acids is 1. The standard InChI is InChI=1S/C11H18N2O2/c1-8(10(7-12)11(14)15)13-9-5-3-2-4-6-9/h7,9,12-13H,2-6H2,1H3,(H,14,15)/p+1. The molecule has 0 radical (unpaired) electrons. The van der Waals surface area contributed by atoms with Crippen LogP contribution in [0, 0.1) is 5.41 Å². The van der Waals surface area contributed by atoms with Gasteiger partial charge in [0.05, 0.1) is 6.04 Å². The molecule has 0 aromatic heterocycles. The van der Waals surface area contributed by atoms with Gasteiger partial charge in [-0.05, 0) is 25.7 Å². The number of quaternary nitrogens is 1. The lowest BCUT2D eigenvalue weighted by Crippen LogP contribution is -2.88. The fourth-order valence-electron chi connectivity index (χ4n) is 2.09. The highest BCUT2D eigenvalue weighted by Crippen LogP contribution is 2.15. The van der Waals surface area contributed by atoms with Gasteiger partial charge in [-0.2, -0.15) is 0 Å². The van der Waals surface area contributed by atoms with Gasteiger partial charge < -0.3 is 15.8 Å². The summed E-state index contributed by atoms with van der Waals surface area (Å²) >= 11 is 0. The lowest BCUT2D eigenvalue weighted by Gasteiger charge is -2.20. The molecule has 1 aliphatic rings. The van der Waals surface area contributed by atoms with Crippen LogP contribution in [0.1, 0.15) is 39.0 Å². The van der Waals surface area contributed by atoms with Crippen molar-refractivity contribution in [2.75, 3.05) is 0 Å². The fourth-order valence-corrected chi connectivity index (χ4v) is 2.09. The van der Waals surface area contributed by atoms with E-state index < -0.39 is 5.97 Å². The molecule has 0 bridgehead atoms. The highest BCUT2D eigenvalue weighted by atomic mass is 16.4. The minimum atomic E-state index is -1.01. The van der Waals surface area contributed by atoms with E-state index in [4.69, 9.17) is 10.5 Å². The van der Waals surface area contributed by atoms with E-state index in [0.29, 0.717) is 6.04 Å². The summed E-state index contributed by atoms with van der Waals surface area (Å²) in [7, 11) is 0. The summed E-state index contributed by atoms with van der Waals surface area (Å²) in [5.74, 6) is -1.01. The third kappa shape index (κ3) is 3.47. The van der Waals surface area contributed by atoms with Crippen LogP contribution in [0.2, 0.25) is 0 Å². The topological polar surface area (TPSA) is 77.8 Å². The number of carbonyl (C=O) groups is 1. The molecule has 0 spiro atoms. The van der Waals surface area contributed by atoms with Crippen molar-refractivity contribution in [3.8, 4) is 0 Å². The van der Waals surface area contributed by atoms with E-state index in [2.05, 4.69) is 0 Å². The Hall–Kier alpha value is -1.16. The SMILES string of the molecule is CC([NH2+]C1CCCCC1)=C(C=N)C(=O)O. The lowest BCUT2D eigenvalue weighted by molar-refractivity contribution is -0.646. The summed E-state index contributed by atoms with van der Waals surface area (Å²) in [6, 6.07) is 0.507. The Morgan fingerprint density at radius 2 is 2.00 bits per heavy atom. The van der Waals surface area contributed by atoms with Gasteiger partial charge in [0.25, 0.3) is 0 Å². The molecule has 0 heterocycles. The summed E-state index contributed by atoms with van der Waals surface area (Å²) in [4.78, 5) is 10.8. The van der Waals surface area contributed by atoms with Crippen molar-refractivity contribution < 1.29 is 15.2 Å². The second kappa shape index (κ2) is 5.66. The first-order valence-electron chi connectivity index (χ1n) is 5.44. The normalized spacial score (nSPS) is 19.5. The maximum Gasteiger partial charge on any atom is 0.342 e. The van der Waals surface area contributed by atoms with Crippen LogP contribution in [0.5, 0.6) is 0 Å². The van der Waals surface area contributed by atoms with Crippen molar-refractivity contribution in [3.63, 3.8) is 0 Å². The average Bonchev–Trinajstić information content (AvgIpc) is 2.19. The van der Waals surface area contributed by atoms with E-state index in [-0.39, 0.29) is 5.57 Å². The Kier molecular flexibility index (Phi) is 4.49. The summed E-state index contributed by atoms with van der Waals surface area (Å²) in [5, 5.41) is 17.9. The molecule has 1 aliphatic carbocycles. The highest BCUT2D eigenvalue weighted by Gasteiger charge is 2.19. The van der Waals surface area contributed by atoms with Crippen LogP contribution in [0.15, 0.2) is 11.3 Å². The van der Waals surface area contributed by atoms with E-state index in [1.165, 1.54) is 19.3 Å². The summed E-state index contributed by atoms with van der Waals surface area (Å²) < 4.78 is 0. The van der Waals surface area contributed by atoms with Crippen molar-refractivity contribution in [1.29, 1.82) is 5.41 Å². The molecule has 4 nitrogen and oxygen atoms in total. The molecule has 0 saturated heterocycles. The number of nitrogens with two attached hydrogens (primary N) is 1. The van der Waals surface area contributed by atoms with E-state index in [9.17, 15) is 4.79 Å². The molecule has 1 rings (SSSR count). The van der Waals surface area contributed by atoms with Crippen LogP contribution in [0.3, 0.4) is 0 Å². The van der Waals surface area contributed by atoms with E-state index in [0.717, 1.165) is 24.8 Å². The number of carboxylic acids is 1. The van der Waals surface area contributed by atoms with Crippen LogP contribution in [0.25, 0.3) is 0 Å². The highest BCUT2D eigenvalue weighted by molar-refractivity contribution is 6.07.